The summed E-state index contributed by atoms with van der Waals surface area (Å²) >= 11 is 0. The van der Waals surface area contributed by atoms with Gasteiger partial charge in [-0.1, -0.05) is 6.42 Å². The van der Waals surface area contributed by atoms with Crippen LogP contribution in [0.4, 0.5) is 0 Å². The Morgan fingerprint density at radius 2 is 1.89 bits per heavy atom. The maximum Gasteiger partial charge on any atom is 0.00187 e. The molecule has 2 rings (SSSR count). The third kappa shape index (κ3) is 5.25. The van der Waals surface area contributed by atoms with Crippen LogP contribution in [0.25, 0.3) is 0 Å². The predicted molar refractivity (Wildman–Crippen MR) is 78.0 cm³/mol. The van der Waals surface area contributed by atoms with Crippen LogP contribution in [0.2, 0.25) is 0 Å². The van der Waals surface area contributed by atoms with E-state index >= 15 is 0 Å². The van der Waals surface area contributed by atoms with Crippen LogP contribution in [-0.4, -0.2) is 62.7 Å². The molecule has 0 amide bonds. The van der Waals surface area contributed by atoms with Crippen LogP contribution in [0.15, 0.2) is 0 Å². The van der Waals surface area contributed by atoms with Crippen molar-refractivity contribution in [2.45, 2.75) is 38.5 Å². The number of rotatable bonds is 6. The summed E-state index contributed by atoms with van der Waals surface area (Å²) in [7, 11) is 2.25. The van der Waals surface area contributed by atoms with E-state index in [-0.39, 0.29) is 0 Å². The van der Waals surface area contributed by atoms with Crippen molar-refractivity contribution in [3.8, 4) is 0 Å². The van der Waals surface area contributed by atoms with Crippen LogP contribution in [-0.2, 0) is 0 Å². The first kappa shape index (κ1) is 14.3. The Hall–Kier alpha value is -0.120. The van der Waals surface area contributed by atoms with Crippen LogP contribution in [0, 0.1) is 5.92 Å². The van der Waals surface area contributed by atoms with Gasteiger partial charge in [0.25, 0.3) is 0 Å². The Kier molecular flexibility index (Phi) is 6.46. The summed E-state index contributed by atoms with van der Waals surface area (Å²) < 4.78 is 0. The number of nitrogens with zero attached hydrogens (tertiary/aromatic N) is 2. The number of hydrogen-bond acceptors (Lipinski definition) is 3. The summed E-state index contributed by atoms with van der Waals surface area (Å²) in [5.74, 6) is 0.888. The average molecular weight is 253 g/mol. The highest BCUT2D eigenvalue weighted by atomic mass is 15.1. The summed E-state index contributed by atoms with van der Waals surface area (Å²) in [6.45, 7) is 9.00. The topological polar surface area (TPSA) is 18.5 Å². The Morgan fingerprint density at radius 3 is 2.67 bits per heavy atom. The quantitative estimate of drug-likeness (QED) is 0.728. The minimum Gasteiger partial charge on any atom is -0.316 e. The van der Waals surface area contributed by atoms with Gasteiger partial charge in [0.05, 0.1) is 0 Å². The Balaban J connectivity index is 1.45. The maximum atomic E-state index is 3.66. The highest BCUT2D eigenvalue weighted by molar-refractivity contribution is 4.72. The van der Waals surface area contributed by atoms with Gasteiger partial charge in [0.1, 0.15) is 0 Å². The molecule has 2 saturated heterocycles. The highest BCUT2D eigenvalue weighted by Gasteiger charge is 2.16. The van der Waals surface area contributed by atoms with E-state index in [0.717, 1.165) is 5.92 Å². The molecule has 3 heteroatoms. The Bertz CT molecular complexity index is 214. The molecule has 0 aromatic carbocycles. The monoisotopic (exact) mass is 253 g/mol. The van der Waals surface area contributed by atoms with Crippen molar-refractivity contribution < 1.29 is 0 Å². The smallest absolute Gasteiger partial charge is 0.00187 e. The van der Waals surface area contributed by atoms with E-state index in [9.17, 15) is 0 Å². The fraction of sp³-hybridized carbons (Fsp3) is 1.00. The van der Waals surface area contributed by atoms with E-state index < -0.39 is 0 Å². The lowest BCUT2D eigenvalue weighted by Gasteiger charge is -2.30. The van der Waals surface area contributed by atoms with E-state index in [1.807, 2.05) is 0 Å². The molecule has 0 spiro atoms. The zero-order valence-electron chi connectivity index (χ0n) is 12.2. The summed E-state index contributed by atoms with van der Waals surface area (Å²) in [4.78, 5) is 5.11. The van der Waals surface area contributed by atoms with Crippen LogP contribution < -0.4 is 5.32 Å². The van der Waals surface area contributed by atoms with E-state index in [1.165, 1.54) is 84.3 Å². The molecule has 0 aliphatic carbocycles. The molecule has 0 bridgehead atoms. The second kappa shape index (κ2) is 8.13. The fourth-order valence-corrected chi connectivity index (χ4v) is 3.36. The van der Waals surface area contributed by atoms with Crippen LogP contribution in [0.3, 0.4) is 0 Å². The lowest BCUT2D eigenvalue weighted by atomic mass is 9.98. The first-order valence-corrected chi connectivity index (χ1v) is 7.96. The summed E-state index contributed by atoms with van der Waals surface area (Å²) in [5.41, 5.74) is 0. The fourth-order valence-electron chi connectivity index (χ4n) is 3.36. The molecule has 0 radical (unpaired) electrons. The van der Waals surface area contributed by atoms with Gasteiger partial charge in [0.15, 0.2) is 0 Å². The number of nitrogens with one attached hydrogen (secondary N) is 1. The number of piperidine rings is 2. The van der Waals surface area contributed by atoms with Gasteiger partial charge in [-0.15, -0.1) is 0 Å². The molecule has 2 aliphatic rings. The number of likely N-dealkylation sites (tertiary alicyclic amines) is 2. The summed E-state index contributed by atoms with van der Waals surface area (Å²) in [6, 6.07) is 0. The molecule has 2 heterocycles. The van der Waals surface area contributed by atoms with Gasteiger partial charge < -0.3 is 15.1 Å². The molecule has 1 unspecified atom stereocenters. The largest absolute Gasteiger partial charge is 0.316 e. The molecule has 18 heavy (non-hydrogen) atoms. The molecule has 106 valence electrons. The normalized spacial score (nSPS) is 27.5. The van der Waals surface area contributed by atoms with Gasteiger partial charge in [-0.25, -0.2) is 0 Å². The molecule has 1 atom stereocenters. The van der Waals surface area contributed by atoms with E-state index in [0.29, 0.717) is 0 Å². The van der Waals surface area contributed by atoms with Crippen LogP contribution in [0.1, 0.15) is 38.5 Å². The zero-order valence-corrected chi connectivity index (χ0v) is 12.2. The summed E-state index contributed by atoms with van der Waals surface area (Å²) in [5, 5.41) is 3.66. The molecule has 0 aromatic heterocycles. The van der Waals surface area contributed by atoms with Gasteiger partial charge >= 0.3 is 0 Å². The van der Waals surface area contributed by atoms with Crippen molar-refractivity contribution >= 4 is 0 Å². The minimum absolute atomic E-state index is 0.888. The molecule has 2 aliphatic heterocycles. The first-order chi connectivity index (χ1) is 8.84. The molecule has 0 saturated carbocycles. The average Bonchev–Trinajstić information content (AvgIpc) is 2.40. The van der Waals surface area contributed by atoms with Gasteiger partial charge in [-0.3, -0.25) is 0 Å². The van der Waals surface area contributed by atoms with Crippen molar-refractivity contribution in [3.63, 3.8) is 0 Å². The minimum atomic E-state index is 0.888. The van der Waals surface area contributed by atoms with E-state index in [4.69, 9.17) is 0 Å². The Morgan fingerprint density at radius 1 is 1.06 bits per heavy atom. The van der Waals surface area contributed by atoms with Crippen molar-refractivity contribution in [3.05, 3.63) is 0 Å². The van der Waals surface area contributed by atoms with Crippen LogP contribution in [0.5, 0.6) is 0 Å². The lowest BCUT2D eigenvalue weighted by molar-refractivity contribution is 0.203. The second-order valence-electron chi connectivity index (χ2n) is 6.23. The van der Waals surface area contributed by atoms with Crippen molar-refractivity contribution in [2.24, 2.45) is 5.92 Å². The van der Waals surface area contributed by atoms with Gasteiger partial charge in [0, 0.05) is 6.54 Å². The molecule has 2 fully saturated rings. The third-order valence-corrected chi connectivity index (χ3v) is 4.43. The first-order valence-electron chi connectivity index (χ1n) is 7.96. The third-order valence-electron chi connectivity index (χ3n) is 4.43. The van der Waals surface area contributed by atoms with E-state index in [2.05, 4.69) is 22.2 Å². The van der Waals surface area contributed by atoms with E-state index in [1.54, 1.807) is 0 Å². The highest BCUT2D eigenvalue weighted by Crippen LogP contribution is 2.13. The van der Waals surface area contributed by atoms with Crippen molar-refractivity contribution in [1.29, 1.82) is 0 Å². The molecular formula is C15H31N3. The Labute approximate surface area is 113 Å². The van der Waals surface area contributed by atoms with Crippen LogP contribution >= 0.6 is 0 Å². The SMILES string of the molecule is CN1CCCC(CNCCCN2CCCCC2)C1. The van der Waals surface area contributed by atoms with Crippen molar-refractivity contribution in [2.75, 3.05) is 52.9 Å². The lowest BCUT2D eigenvalue weighted by Crippen LogP contribution is -2.38. The van der Waals surface area contributed by atoms with Gasteiger partial charge in [-0.05, 0) is 84.3 Å². The predicted octanol–water partition coefficient (Wildman–Crippen LogP) is 1.79. The van der Waals surface area contributed by atoms with Gasteiger partial charge in [-0.2, -0.15) is 0 Å². The van der Waals surface area contributed by atoms with Gasteiger partial charge in [0.2, 0.25) is 0 Å². The molecule has 0 aromatic rings. The van der Waals surface area contributed by atoms with Crippen molar-refractivity contribution in [1.82, 2.24) is 15.1 Å². The molecular weight excluding hydrogens is 222 g/mol. The zero-order chi connectivity index (χ0) is 12.6. The maximum absolute atomic E-state index is 3.66. The molecule has 1 N–H and O–H groups in total. The standard InChI is InChI=1S/C15H31N3/c1-17-9-5-7-15(14-17)13-16-8-6-12-18-10-3-2-4-11-18/h15-16H,2-14H2,1H3. The summed E-state index contributed by atoms with van der Waals surface area (Å²) in [6.07, 6.45) is 8.41. The number of hydrogen-bond donors (Lipinski definition) is 1. The second-order valence-corrected chi connectivity index (χ2v) is 6.23. The molecule has 3 nitrogen and oxygen atoms in total.